The minimum Gasteiger partial charge on any atom is -0.314 e. The lowest BCUT2D eigenvalue weighted by Crippen LogP contribution is -2.37. The maximum Gasteiger partial charge on any atom is 0.00672 e. The van der Waals surface area contributed by atoms with E-state index in [2.05, 4.69) is 45.1 Å². The Morgan fingerprint density at radius 3 is 2.12 bits per heavy atom. The molecule has 1 fully saturated rings. The summed E-state index contributed by atoms with van der Waals surface area (Å²) in [6.45, 7) is 9.56. The minimum absolute atomic E-state index is 0.510. The van der Waals surface area contributed by atoms with Gasteiger partial charge in [-0.1, -0.05) is 20.8 Å². The molecular formula is C15H32N2. The third-order valence-electron chi connectivity index (χ3n) is 4.17. The van der Waals surface area contributed by atoms with E-state index in [0.29, 0.717) is 5.41 Å². The molecule has 1 aliphatic carbocycles. The van der Waals surface area contributed by atoms with Gasteiger partial charge in [0.15, 0.2) is 0 Å². The first kappa shape index (κ1) is 15.0. The van der Waals surface area contributed by atoms with Crippen molar-refractivity contribution < 1.29 is 0 Å². The predicted molar refractivity (Wildman–Crippen MR) is 76.4 cm³/mol. The van der Waals surface area contributed by atoms with E-state index in [4.69, 9.17) is 0 Å². The van der Waals surface area contributed by atoms with Crippen LogP contribution >= 0.6 is 0 Å². The first-order valence-corrected chi connectivity index (χ1v) is 7.27. The van der Waals surface area contributed by atoms with Gasteiger partial charge in [-0.15, -0.1) is 0 Å². The van der Waals surface area contributed by atoms with Crippen molar-refractivity contribution in [3.63, 3.8) is 0 Å². The molecule has 0 aromatic heterocycles. The lowest BCUT2D eigenvalue weighted by Gasteiger charge is -2.37. The lowest BCUT2D eigenvalue weighted by atomic mass is 9.71. The summed E-state index contributed by atoms with van der Waals surface area (Å²) in [5.74, 6) is 0.933. The summed E-state index contributed by atoms with van der Waals surface area (Å²) in [6.07, 6.45) is 6.85. The van der Waals surface area contributed by atoms with Gasteiger partial charge >= 0.3 is 0 Å². The summed E-state index contributed by atoms with van der Waals surface area (Å²) in [4.78, 5) is 2.26. The van der Waals surface area contributed by atoms with Crippen LogP contribution in [0.15, 0.2) is 0 Å². The largest absolute Gasteiger partial charge is 0.314 e. The first-order valence-electron chi connectivity index (χ1n) is 7.27. The van der Waals surface area contributed by atoms with E-state index >= 15 is 0 Å². The van der Waals surface area contributed by atoms with Gasteiger partial charge in [-0.3, -0.25) is 0 Å². The van der Waals surface area contributed by atoms with Gasteiger partial charge in [-0.05, 0) is 70.6 Å². The first-order chi connectivity index (χ1) is 7.89. The zero-order chi connectivity index (χ0) is 12.9. The Kier molecular flexibility index (Phi) is 5.94. The molecule has 17 heavy (non-hydrogen) atoms. The van der Waals surface area contributed by atoms with Crippen LogP contribution in [0, 0.1) is 11.3 Å². The van der Waals surface area contributed by atoms with Crippen molar-refractivity contribution in [1.29, 1.82) is 0 Å². The summed E-state index contributed by atoms with van der Waals surface area (Å²) in [5, 5.41) is 3.72. The standard InChI is InChI=1S/C15H32N2/c1-15(2,3)13-7-9-14(10-8-13)16-11-6-12-17(4)5/h13-14,16H,6-12H2,1-5H3. The summed E-state index contributed by atoms with van der Waals surface area (Å²) < 4.78 is 0. The molecule has 0 amide bonds. The molecule has 0 bridgehead atoms. The smallest absolute Gasteiger partial charge is 0.00672 e. The van der Waals surface area contributed by atoms with Crippen molar-refractivity contribution >= 4 is 0 Å². The fraction of sp³-hybridized carbons (Fsp3) is 1.00. The van der Waals surface area contributed by atoms with Crippen molar-refractivity contribution in [2.75, 3.05) is 27.2 Å². The second-order valence-electron chi connectivity index (χ2n) is 7.03. The quantitative estimate of drug-likeness (QED) is 0.743. The fourth-order valence-electron chi connectivity index (χ4n) is 2.87. The maximum absolute atomic E-state index is 3.72. The van der Waals surface area contributed by atoms with Gasteiger partial charge in [-0.25, -0.2) is 0 Å². The Morgan fingerprint density at radius 1 is 1.06 bits per heavy atom. The van der Waals surface area contributed by atoms with E-state index in [9.17, 15) is 0 Å². The zero-order valence-corrected chi connectivity index (χ0v) is 12.6. The van der Waals surface area contributed by atoms with Gasteiger partial charge in [0, 0.05) is 6.04 Å². The van der Waals surface area contributed by atoms with Gasteiger partial charge < -0.3 is 10.2 Å². The molecule has 0 aromatic carbocycles. The number of rotatable bonds is 5. The van der Waals surface area contributed by atoms with Crippen molar-refractivity contribution in [1.82, 2.24) is 10.2 Å². The Morgan fingerprint density at radius 2 is 1.65 bits per heavy atom. The normalized spacial score (nSPS) is 26.5. The summed E-state index contributed by atoms with van der Waals surface area (Å²) in [6, 6.07) is 0.788. The van der Waals surface area contributed by atoms with Crippen LogP contribution < -0.4 is 5.32 Å². The molecule has 0 radical (unpaired) electrons. The second-order valence-corrected chi connectivity index (χ2v) is 7.03. The second kappa shape index (κ2) is 6.75. The highest BCUT2D eigenvalue weighted by Gasteiger charge is 2.29. The van der Waals surface area contributed by atoms with Crippen LogP contribution in [0.3, 0.4) is 0 Å². The van der Waals surface area contributed by atoms with Gasteiger partial charge in [0.05, 0.1) is 0 Å². The molecule has 0 aromatic rings. The molecule has 0 heterocycles. The molecule has 2 heteroatoms. The molecule has 0 atom stereocenters. The Balaban J connectivity index is 2.11. The highest BCUT2D eigenvalue weighted by molar-refractivity contribution is 4.83. The van der Waals surface area contributed by atoms with Gasteiger partial charge in [-0.2, -0.15) is 0 Å². The molecule has 0 saturated heterocycles. The molecule has 102 valence electrons. The van der Waals surface area contributed by atoms with E-state index in [0.717, 1.165) is 12.0 Å². The SMILES string of the molecule is CN(C)CCCNC1CCC(C(C)(C)C)CC1. The Labute approximate surface area is 108 Å². The molecule has 0 unspecified atom stereocenters. The zero-order valence-electron chi connectivity index (χ0n) is 12.6. The average molecular weight is 240 g/mol. The Hall–Kier alpha value is -0.0800. The monoisotopic (exact) mass is 240 g/mol. The van der Waals surface area contributed by atoms with E-state index in [1.54, 1.807) is 0 Å². The number of nitrogens with zero attached hydrogens (tertiary/aromatic N) is 1. The molecule has 1 aliphatic rings. The van der Waals surface area contributed by atoms with E-state index in [-0.39, 0.29) is 0 Å². The van der Waals surface area contributed by atoms with Crippen LogP contribution in [-0.4, -0.2) is 38.1 Å². The maximum atomic E-state index is 3.72. The van der Waals surface area contributed by atoms with E-state index in [1.165, 1.54) is 45.2 Å². The summed E-state index contributed by atoms with van der Waals surface area (Å²) in [7, 11) is 4.29. The molecule has 1 rings (SSSR count). The molecule has 1 N–H and O–H groups in total. The van der Waals surface area contributed by atoms with Crippen molar-refractivity contribution in [2.24, 2.45) is 11.3 Å². The van der Waals surface area contributed by atoms with Gasteiger partial charge in [0.2, 0.25) is 0 Å². The lowest BCUT2D eigenvalue weighted by molar-refractivity contribution is 0.160. The average Bonchev–Trinajstić information content (AvgIpc) is 2.23. The third-order valence-corrected chi connectivity index (χ3v) is 4.17. The van der Waals surface area contributed by atoms with Crippen LogP contribution in [0.2, 0.25) is 0 Å². The highest BCUT2D eigenvalue weighted by atomic mass is 15.1. The van der Waals surface area contributed by atoms with Gasteiger partial charge in [0.25, 0.3) is 0 Å². The summed E-state index contributed by atoms with van der Waals surface area (Å²) >= 11 is 0. The van der Waals surface area contributed by atoms with Crippen LogP contribution in [-0.2, 0) is 0 Å². The Bertz CT molecular complexity index is 197. The third kappa shape index (κ3) is 5.87. The van der Waals surface area contributed by atoms with E-state index in [1.807, 2.05) is 0 Å². The molecule has 0 spiro atoms. The summed E-state index contributed by atoms with van der Waals surface area (Å²) in [5.41, 5.74) is 0.510. The van der Waals surface area contributed by atoms with Crippen LogP contribution in [0.25, 0.3) is 0 Å². The fourth-order valence-corrected chi connectivity index (χ4v) is 2.87. The number of nitrogens with one attached hydrogen (secondary N) is 1. The van der Waals surface area contributed by atoms with Crippen molar-refractivity contribution in [3.05, 3.63) is 0 Å². The predicted octanol–water partition coefficient (Wildman–Crippen LogP) is 3.13. The van der Waals surface area contributed by atoms with E-state index < -0.39 is 0 Å². The topological polar surface area (TPSA) is 15.3 Å². The van der Waals surface area contributed by atoms with Crippen molar-refractivity contribution in [3.8, 4) is 0 Å². The van der Waals surface area contributed by atoms with Crippen LogP contribution in [0.5, 0.6) is 0 Å². The van der Waals surface area contributed by atoms with Gasteiger partial charge in [0.1, 0.15) is 0 Å². The number of hydrogen-bond acceptors (Lipinski definition) is 2. The van der Waals surface area contributed by atoms with Crippen molar-refractivity contribution in [2.45, 2.75) is 58.9 Å². The number of hydrogen-bond donors (Lipinski definition) is 1. The molecular weight excluding hydrogens is 208 g/mol. The van der Waals surface area contributed by atoms with Crippen LogP contribution in [0.4, 0.5) is 0 Å². The minimum atomic E-state index is 0.510. The molecule has 2 nitrogen and oxygen atoms in total. The van der Waals surface area contributed by atoms with Crippen LogP contribution in [0.1, 0.15) is 52.9 Å². The molecule has 0 aliphatic heterocycles. The highest BCUT2D eigenvalue weighted by Crippen LogP contribution is 2.37. The molecule has 1 saturated carbocycles.